The number of para-hydroxylation sites is 1. The lowest BCUT2D eigenvalue weighted by Gasteiger charge is -2.09. The highest BCUT2D eigenvalue weighted by Crippen LogP contribution is 2.36. The Kier molecular flexibility index (Phi) is 3.82. The van der Waals surface area contributed by atoms with Crippen LogP contribution in [0.4, 0.5) is 0 Å². The smallest absolute Gasteiger partial charge is 0.259 e. The first-order chi connectivity index (χ1) is 10.1. The molecule has 3 rings (SSSR count). The van der Waals surface area contributed by atoms with Crippen molar-refractivity contribution in [1.29, 1.82) is 0 Å². The van der Waals surface area contributed by atoms with E-state index in [1.165, 1.54) is 0 Å². The number of ether oxygens (including phenoxy) is 1. The number of nitrogens with zero attached hydrogens (tertiary/aromatic N) is 1. The maximum absolute atomic E-state index is 12.1. The number of hydrogen-bond acceptors (Lipinski definition) is 3. The largest absolute Gasteiger partial charge is 0.494 e. The van der Waals surface area contributed by atoms with E-state index in [9.17, 15) is 4.79 Å². The molecule has 0 atom stereocenters. The second kappa shape index (κ2) is 5.61. The lowest BCUT2D eigenvalue weighted by atomic mass is 10.2. The fourth-order valence-electron chi connectivity index (χ4n) is 2.11. The van der Waals surface area contributed by atoms with Crippen LogP contribution < -0.4 is 10.3 Å². The van der Waals surface area contributed by atoms with Crippen molar-refractivity contribution in [1.82, 2.24) is 9.97 Å². The number of aromatic amines is 1. The number of nitrogens with one attached hydrogen (secondary N) is 1. The fraction of sp³-hybridized carbons (Fsp3) is 0.0667. The first-order valence-electron chi connectivity index (χ1n) is 6.12. The number of rotatable bonds is 2. The summed E-state index contributed by atoms with van der Waals surface area (Å²) in [5.41, 5.74) is 1.30. The Balaban J connectivity index is 2.23. The molecule has 0 unspecified atom stereocenters. The SMILES string of the molecule is COc1c(Br)cc(-c2nc3ccccc3c(=O)[nH]2)cc1Br. The summed E-state index contributed by atoms with van der Waals surface area (Å²) in [4.78, 5) is 19.4. The van der Waals surface area contributed by atoms with Gasteiger partial charge in [0.25, 0.3) is 5.56 Å². The summed E-state index contributed by atoms with van der Waals surface area (Å²) in [6, 6.07) is 11.0. The third kappa shape index (κ3) is 2.61. The van der Waals surface area contributed by atoms with Gasteiger partial charge in [-0.05, 0) is 56.1 Å². The molecule has 0 bridgehead atoms. The Morgan fingerprint density at radius 3 is 2.48 bits per heavy atom. The van der Waals surface area contributed by atoms with Crippen LogP contribution in [-0.4, -0.2) is 17.1 Å². The van der Waals surface area contributed by atoms with E-state index < -0.39 is 0 Å². The minimum atomic E-state index is -0.154. The predicted molar refractivity (Wildman–Crippen MR) is 89.8 cm³/mol. The minimum absolute atomic E-state index is 0.154. The van der Waals surface area contributed by atoms with Crippen LogP contribution in [0.25, 0.3) is 22.3 Å². The van der Waals surface area contributed by atoms with Gasteiger partial charge in [-0.15, -0.1) is 0 Å². The van der Waals surface area contributed by atoms with Gasteiger partial charge in [0, 0.05) is 5.56 Å². The molecule has 1 heterocycles. The van der Waals surface area contributed by atoms with Crippen molar-refractivity contribution < 1.29 is 4.74 Å². The van der Waals surface area contributed by atoms with Gasteiger partial charge in [0.1, 0.15) is 11.6 Å². The summed E-state index contributed by atoms with van der Waals surface area (Å²) >= 11 is 6.90. The normalized spacial score (nSPS) is 10.8. The van der Waals surface area contributed by atoms with Crippen LogP contribution in [0.2, 0.25) is 0 Å². The van der Waals surface area contributed by atoms with Crippen molar-refractivity contribution >= 4 is 42.8 Å². The maximum atomic E-state index is 12.1. The van der Waals surface area contributed by atoms with Crippen LogP contribution in [-0.2, 0) is 0 Å². The maximum Gasteiger partial charge on any atom is 0.259 e. The van der Waals surface area contributed by atoms with Gasteiger partial charge in [0.15, 0.2) is 0 Å². The Morgan fingerprint density at radius 2 is 1.81 bits per heavy atom. The Morgan fingerprint density at radius 1 is 1.14 bits per heavy atom. The molecule has 4 nitrogen and oxygen atoms in total. The van der Waals surface area contributed by atoms with Gasteiger partial charge in [0.2, 0.25) is 0 Å². The fourth-order valence-corrected chi connectivity index (χ4v) is 3.62. The van der Waals surface area contributed by atoms with E-state index in [4.69, 9.17) is 4.74 Å². The minimum Gasteiger partial charge on any atom is -0.494 e. The molecule has 0 saturated heterocycles. The summed E-state index contributed by atoms with van der Waals surface area (Å²) in [6.45, 7) is 0. The number of halogens is 2. The number of aromatic nitrogens is 2. The quantitative estimate of drug-likeness (QED) is 0.692. The zero-order valence-corrected chi connectivity index (χ0v) is 14.2. The van der Waals surface area contributed by atoms with E-state index in [0.717, 1.165) is 14.5 Å². The van der Waals surface area contributed by atoms with Crippen molar-refractivity contribution in [3.63, 3.8) is 0 Å². The number of methoxy groups -OCH3 is 1. The molecule has 106 valence electrons. The highest BCUT2D eigenvalue weighted by Gasteiger charge is 2.11. The van der Waals surface area contributed by atoms with Crippen molar-refractivity contribution in [3.05, 3.63) is 55.7 Å². The second-order valence-corrected chi connectivity index (χ2v) is 6.11. The zero-order valence-electron chi connectivity index (χ0n) is 11.0. The Bertz CT molecular complexity index is 867. The van der Waals surface area contributed by atoms with Gasteiger partial charge in [-0.3, -0.25) is 4.79 Å². The van der Waals surface area contributed by atoms with Gasteiger partial charge in [0.05, 0.1) is 27.0 Å². The summed E-state index contributed by atoms with van der Waals surface area (Å²) in [5, 5.41) is 0.577. The molecule has 0 radical (unpaired) electrons. The molecule has 21 heavy (non-hydrogen) atoms. The molecule has 0 amide bonds. The highest BCUT2D eigenvalue weighted by atomic mass is 79.9. The lowest BCUT2D eigenvalue weighted by Crippen LogP contribution is -2.09. The summed E-state index contributed by atoms with van der Waals surface area (Å²) in [5.74, 6) is 1.21. The molecule has 0 aliphatic heterocycles. The Hall–Kier alpha value is -1.66. The van der Waals surface area contributed by atoms with E-state index in [2.05, 4.69) is 41.8 Å². The summed E-state index contributed by atoms with van der Waals surface area (Å²) in [7, 11) is 1.60. The van der Waals surface area contributed by atoms with Crippen molar-refractivity contribution in [2.45, 2.75) is 0 Å². The molecular weight excluding hydrogens is 400 g/mol. The molecule has 6 heteroatoms. The molecule has 0 fully saturated rings. The first-order valence-corrected chi connectivity index (χ1v) is 7.71. The van der Waals surface area contributed by atoms with E-state index >= 15 is 0 Å². The number of fused-ring (bicyclic) bond motifs is 1. The second-order valence-electron chi connectivity index (χ2n) is 4.40. The van der Waals surface area contributed by atoms with Crippen molar-refractivity contribution in [2.24, 2.45) is 0 Å². The third-order valence-corrected chi connectivity index (χ3v) is 4.27. The number of H-pyrrole nitrogens is 1. The Labute approximate surface area is 137 Å². The van der Waals surface area contributed by atoms with E-state index in [1.54, 1.807) is 13.2 Å². The molecule has 2 aromatic carbocycles. The standard InChI is InChI=1S/C15H10Br2N2O2/c1-21-13-10(16)6-8(7-11(13)17)14-18-12-5-3-2-4-9(12)15(20)19-14/h2-7H,1H3,(H,18,19,20). The molecule has 0 spiro atoms. The third-order valence-electron chi connectivity index (χ3n) is 3.09. The zero-order chi connectivity index (χ0) is 15.0. The molecule has 1 N–H and O–H groups in total. The van der Waals surface area contributed by atoms with E-state index in [-0.39, 0.29) is 5.56 Å². The predicted octanol–water partition coefficient (Wildman–Crippen LogP) is 4.12. The molecule has 1 aromatic heterocycles. The topological polar surface area (TPSA) is 55.0 Å². The van der Waals surface area contributed by atoms with Crippen molar-refractivity contribution in [3.8, 4) is 17.1 Å². The van der Waals surface area contributed by atoms with Gasteiger partial charge >= 0.3 is 0 Å². The van der Waals surface area contributed by atoms with Gasteiger partial charge in [-0.25, -0.2) is 4.98 Å². The van der Waals surface area contributed by atoms with E-state index in [1.807, 2.05) is 30.3 Å². The van der Waals surface area contributed by atoms with Crippen LogP contribution in [0.1, 0.15) is 0 Å². The van der Waals surface area contributed by atoms with Gasteiger partial charge < -0.3 is 9.72 Å². The highest BCUT2D eigenvalue weighted by molar-refractivity contribution is 9.11. The molecule has 3 aromatic rings. The molecular formula is C15H10Br2N2O2. The van der Waals surface area contributed by atoms with Gasteiger partial charge in [-0.1, -0.05) is 12.1 Å². The van der Waals surface area contributed by atoms with Gasteiger partial charge in [-0.2, -0.15) is 0 Å². The van der Waals surface area contributed by atoms with Crippen LogP contribution in [0.3, 0.4) is 0 Å². The average molecular weight is 410 g/mol. The average Bonchev–Trinajstić information content (AvgIpc) is 2.47. The van der Waals surface area contributed by atoms with E-state index in [0.29, 0.717) is 22.5 Å². The molecule has 0 saturated carbocycles. The summed E-state index contributed by atoms with van der Waals surface area (Å²) in [6.07, 6.45) is 0. The van der Waals surface area contributed by atoms with Crippen LogP contribution in [0.15, 0.2) is 50.1 Å². The van der Waals surface area contributed by atoms with Crippen LogP contribution in [0, 0.1) is 0 Å². The first kappa shape index (κ1) is 14.3. The molecule has 0 aliphatic carbocycles. The summed E-state index contributed by atoms with van der Waals surface area (Å²) < 4.78 is 6.84. The molecule has 0 aliphatic rings. The van der Waals surface area contributed by atoms with Crippen molar-refractivity contribution in [2.75, 3.05) is 7.11 Å². The number of hydrogen-bond donors (Lipinski definition) is 1. The lowest BCUT2D eigenvalue weighted by molar-refractivity contribution is 0.409. The number of benzene rings is 2. The van der Waals surface area contributed by atoms with Crippen LogP contribution >= 0.6 is 31.9 Å². The monoisotopic (exact) mass is 408 g/mol. The van der Waals surface area contributed by atoms with Crippen LogP contribution in [0.5, 0.6) is 5.75 Å².